The largest absolute Gasteiger partial charge is 0.383 e. The number of hydrogen-bond donors (Lipinski definition) is 0. The van der Waals surface area contributed by atoms with Crippen LogP contribution in [0.5, 0.6) is 0 Å². The first-order chi connectivity index (χ1) is 15.1. The first kappa shape index (κ1) is 24.3. The fourth-order valence-corrected chi connectivity index (χ4v) is 5.62. The molecule has 1 atom stereocenters. The van der Waals surface area contributed by atoms with Crippen LogP contribution in [0.3, 0.4) is 0 Å². The number of ether oxygens (including phenoxy) is 1. The number of likely N-dealkylation sites (N-methyl/N-ethyl adjacent to an activating group) is 1. The summed E-state index contributed by atoms with van der Waals surface area (Å²) in [6, 6.07) is 11.7. The van der Waals surface area contributed by atoms with Crippen molar-refractivity contribution in [1.82, 2.24) is 9.21 Å². The van der Waals surface area contributed by atoms with Crippen LogP contribution in [-0.2, 0) is 25.0 Å². The van der Waals surface area contributed by atoms with Gasteiger partial charge in [0.25, 0.3) is 0 Å². The molecular weight excluding hydrogens is 438 g/mol. The molecule has 174 valence electrons. The minimum Gasteiger partial charge on any atom is -0.383 e. The van der Waals surface area contributed by atoms with Gasteiger partial charge in [-0.25, -0.2) is 17.2 Å². The summed E-state index contributed by atoms with van der Waals surface area (Å²) in [7, 11) is -0.727. The van der Waals surface area contributed by atoms with Gasteiger partial charge in [0, 0.05) is 27.2 Å². The van der Waals surface area contributed by atoms with E-state index in [1.54, 1.807) is 19.1 Å². The van der Waals surface area contributed by atoms with E-state index in [4.69, 9.17) is 4.74 Å². The normalized spacial score (nSPS) is 17.7. The van der Waals surface area contributed by atoms with Gasteiger partial charge in [-0.15, -0.1) is 0 Å². The summed E-state index contributed by atoms with van der Waals surface area (Å²) in [5, 5.41) is 0. The van der Waals surface area contributed by atoms with Crippen LogP contribution in [0.25, 0.3) is 0 Å². The summed E-state index contributed by atoms with van der Waals surface area (Å²) in [6.07, 6.45) is 0.533. The highest BCUT2D eigenvalue weighted by Gasteiger charge is 2.47. The van der Waals surface area contributed by atoms with Gasteiger partial charge in [-0.1, -0.05) is 30.3 Å². The summed E-state index contributed by atoms with van der Waals surface area (Å²) in [5.41, 5.74) is -0.0655. The van der Waals surface area contributed by atoms with Crippen molar-refractivity contribution in [3.8, 4) is 0 Å². The lowest BCUT2D eigenvalue weighted by molar-refractivity contribution is -0.140. The van der Waals surface area contributed by atoms with Crippen molar-refractivity contribution >= 4 is 15.9 Å². The molecule has 0 N–H and O–H groups in total. The molecule has 2 aromatic rings. The van der Waals surface area contributed by atoms with Crippen LogP contribution in [0.1, 0.15) is 25.3 Å². The van der Waals surface area contributed by atoms with Crippen LogP contribution in [0.2, 0.25) is 0 Å². The molecule has 0 aliphatic carbocycles. The minimum atomic E-state index is -4.02. The van der Waals surface area contributed by atoms with Crippen molar-refractivity contribution in [3.05, 3.63) is 65.7 Å². The second-order valence-corrected chi connectivity index (χ2v) is 10.1. The molecule has 6 nitrogen and oxygen atoms in total. The predicted octanol–water partition coefficient (Wildman–Crippen LogP) is 3.18. The molecule has 9 heteroatoms. The second kappa shape index (κ2) is 9.64. The van der Waals surface area contributed by atoms with Gasteiger partial charge in [-0.3, -0.25) is 4.79 Å². The summed E-state index contributed by atoms with van der Waals surface area (Å²) in [4.78, 5) is 15.0. The molecule has 3 rings (SSSR count). The summed E-state index contributed by atoms with van der Waals surface area (Å²) in [5.74, 6) is -2.42. The molecule has 2 aromatic carbocycles. The molecule has 0 radical (unpaired) electrons. The van der Waals surface area contributed by atoms with Crippen LogP contribution in [-0.4, -0.2) is 63.4 Å². The molecule has 0 spiro atoms. The molecule has 32 heavy (non-hydrogen) atoms. The Morgan fingerprint density at radius 1 is 1.12 bits per heavy atom. The topological polar surface area (TPSA) is 66.9 Å². The van der Waals surface area contributed by atoms with E-state index in [0.29, 0.717) is 12.7 Å². The van der Waals surface area contributed by atoms with Crippen molar-refractivity contribution in [3.63, 3.8) is 0 Å². The Morgan fingerprint density at radius 3 is 2.31 bits per heavy atom. The molecule has 1 amide bonds. The van der Waals surface area contributed by atoms with E-state index in [2.05, 4.69) is 0 Å². The van der Waals surface area contributed by atoms with E-state index in [1.165, 1.54) is 4.31 Å². The maximum absolute atomic E-state index is 13.7. The van der Waals surface area contributed by atoms with Crippen LogP contribution in [0.15, 0.2) is 53.4 Å². The molecule has 1 saturated heterocycles. The van der Waals surface area contributed by atoms with Crippen molar-refractivity contribution < 1.29 is 26.7 Å². The Balaban J connectivity index is 1.90. The number of rotatable bonds is 7. The summed E-state index contributed by atoms with van der Waals surface area (Å²) in [6.45, 7) is 2.43. The van der Waals surface area contributed by atoms with Crippen molar-refractivity contribution in [1.29, 1.82) is 0 Å². The summed E-state index contributed by atoms with van der Waals surface area (Å²) >= 11 is 0. The fourth-order valence-electron chi connectivity index (χ4n) is 4.17. The Labute approximate surface area is 187 Å². The smallest absolute Gasteiger partial charge is 0.243 e. The number of piperidine rings is 1. The monoisotopic (exact) mass is 466 g/mol. The minimum absolute atomic E-state index is 0.0778. The third-order valence-electron chi connectivity index (χ3n) is 6.23. The molecule has 1 aliphatic rings. The Kier molecular flexibility index (Phi) is 7.32. The predicted molar refractivity (Wildman–Crippen MR) is 117 cm³/mol. The number of sulfonamides is 1. The number of carbonyl (C=O) groups excluding carboxylic acids is 1. The van der Waals surface area contributed by atoms with E-state index in [0.717, 1.165) is 17.7 Å². The maximum atomic E-state index is 13.7. The highest BCUT2D eigenvalue weighted by atomic mass is 32.2. The second-order valence-electron chi connectivity index (χ2n) is 8.15. The van der Waals surface area contributed by atoms with Crippen LogP contribution in [0, 0.1) is 11.6 Å². The molecule has 1 fully saturated rings. The number of halogens is 2. The first-order valence-corrected chi connectivity index (χ1v) is 11.8. The highest BCUT2D eigenvalue weighted by molar-refractivity contribution is 7.89. The number of nitrogens with zero attached hydrogens (tertiary/aromatic N) is 2. The SMILES string of the molecule is COCC(C)N(C)C(=O)C1(c2ccccc2)CCN(S(=O)(=O)c2ccc(F)c(F)c2)CC1. The van der Waals surface area contributed by atoms with E-state index in [-0.39, 0.29) is 42.8 Å². The number of amides is 1. The van der Waals surface area contributed by atoms with Gasteiger partial charge < -0.3 is 9.64 Å². The Hall–Kier alpha value is -2.36. The zero-order chi connectivity index (χ0) is 23.5. The number of methoxy groups -OCH3 is 1. The van der Waals surface area contributed by atoms with Crippen molar-refractivity contribution in [2.45, 2.75) is 36.1 Å². The van der Waals surface area contributed by atoms with Crippen molar-refractivity contribution in [2.75, 3.05) is 33.9 Å². The Bertz CT molecular complexity index is 1050. The van der Waals surface area contributed by atoms with E-state index in [1.807, 2.05) is 37.3 Å². The van der Waals surface area contributed by atoms with Gasteiger partial charge >= 0.3 is 0 Å². The standard InChI is InChI=1S/C23H28F2N2O4S/c1-17(16-31-3)26(2)22(28)23(18-7-5-4-6-8-18)11-13-27(14-12-23)32(29,30)19-9-10-20(24)21(25)15-19/h4-10,15,17H,11-14,16H2,1-3H3. The molecule has 0 saturated carbocycles. The molecule has 1 aliphatic heterocycles. The fraction of sp³-hybridized carbons (Fsp3) is 0.435. The van der Waals surface area contributed by atoms with Gasteiger partial charge in [0.1, 0.15) is 0 Å². The third kappa shape index (κ3) is 4.55. The quantitative estimate of drug-likeness (QED) is 0.629. The zero-order valence-electron chi connectivity index (χ0n) is 18.4. The molecular formula is C23H28F2N2O4S. The summed E-state index contributed by atoms with van der Waals surface area (Å²) < 4.78 is 59.4. The lowest BCUT2D eigenvalue weighted by Crippen LogP contribution is -2.55. The average molecular weight is 467 g/mol. The van der Waals surface area contributed by atoms with Gasteiger partial charge in [-0.2, -0.15) is 4.31 Å². The van der Waals surface area contributed by atoms with Crippen LogP contribution in [0.4, 0.5) is 8.78 Å². The molecule has 0 aromatic heterocycles. The maximum Gasteiger partial charge on any atom is 0.243 e. The number of hydrogen-bond acceptors (Lipinski definition) is 4. The molecule has 0 bridgehead atoms. The number of carbonyl (C=O) groups is 1. The first-order valence-electron chi connectivity index (χ1n) is 10.4. The van der Waals surface area contributed by atoms with Crippen LogP contribution >= 0.6 is 0 Å². The van der Waals surface area contributed by atoms with Gasteiger partial charge in [0.2, 0.25) is 15.9 Å². The third-order valence-corrected chi connectivity index (χ3v) is 8.12. The van der Waals surface area contributed by atoms with E-state index >= 15 is 0 Å². The number of benzene rings is 2. The van der Waals surface area contributed by atoms with E-state index < -0.39 is 27.1 Å². The zero-order valence-corrected chi connectivity index (χ0v) is 19.2. The van der Waals surface area contributed by atoms with Gasteiger partial charge in [-0.05, 0) is 43.5 Å². The molecule has 1 unspecified atom stereocenters. The highest BCUT2D eigenvalue weighted by Crippen LogP contribution is 2.39. The average Bonchev–Trinajstić information content (AvgIpc) is 2.80. The Morgan fingerprint density at radius 2 is 1.75 bits per heavy atom. The lowest BCUT2D eigenvalue weighted by Gasteiger charge is -2.43. The van der Waals surface area contributed by atoms with Crippen molar-refractivity contribution in [2.24, 2.45) is 0 Å². The van der Waals surface area contributed by atoms with Crippen LogP contribution < -0.4 is 0 Å². The van der Waals surface area contributed by atoms with E-state index in [9.17, 15) is 22.0 Å². The molecule has 1 heterocycles. The van der Waals surface area contributed by atoms with Gasteiger partial charge in [0.15, 0.2) is 11.6 Å². The van der Waals surface area contributed by atoms with Gasteiger partial charge in [0.05, 0.1) is 23.0 Å². The lowest BCUT2D eigenvalue weighted by atomic mass is 9.72.